The summed E-state index contributed by atoms with van der Waals surface area (Å²) in [5.41, 5.74) is 0.267. The highest BCUT2D eigenvalue weighted by atomic mass is 19.4. The molecule has 2 atom stereocenters. The Morgan fingerprint density at radius 2 is 1.70 bits per heavy atom. The van der Waals surface area contributed by atoms with E-state index in [1.807, 2.05) is 18.7 Å². The van der Waals surface area contributed by atoms with E-state index in [0.717, 1.165) is 19.3 Å². The quantitative estimate of drug-likeness (QED) is 0.737. The summed E-state index contributed by atoms with van der Waals surface area (Å²) < 4.78 is 40.8. The normalized spacial score (nSPS) is 20.9. The molecule has 0 saturated carbocycles. The second-order valence-electron chi connectivity index (χ2n) is 7.32. The first-order valence-electron chi connectivity index (χ1n) is 9.13. The number of ketones is 1. The number of hydrogen-bond donors (Lipinski definition) is 0. The van der Waals surface area contributed by atoms with Crippen molar-refractivity contribution in [3.63, 3.8) is 0 Å². The van der Waals surface area contributed by atoms with Crippen LogP contribution in [0.3, 0.4) is 0 Å². The SMILES string of the molecule is Cc1c(C(=O)C(F)(F)F)c2ccccc2n1CC(=O)N1[C@H](C)CCC[C@@H]1C. The van der Waals surface area contributed by atoms with E-state index in [9.17, 15) is 22.8 Å². The van der Waals surface area contributed by atoms with Crippen LogP contribution in [0.15, 0.2) is 24.3 Å². The van der Waals surface area contributed by atoms with E-state index in [1.165, 1.54) is 17.6 Å². The Labute approximate surface area is 155 Å². The van der Waals surface area contributed by atoms with E-state index in [0.29, 0.717) is 5.52 Å². The second-order valence-corrected chi connectivity index (χ2v) is 7.32. The van der Waals surface area contributed by atoms with Gasteiger partial charge in [-0.25, -0.2) is 0 Å². The number of carbonyl (C=O) groups is 2. The van der Waals surface area contributed by atoms with Gasteiger partial charge >= 0.3 is 6.18 Å². The van der Waals surface area contributed by atoms with Gasteiger partial charge in [-0.3, -0.25) is 9.59 Å². The lowest BCUT2D eigenvalue weighted by Gasteiger charge is -2.39. The molecule has 0 spiro atoms. The van der Waals surface area contributed by atoms with Crippen LogP contribution in [0.2, 0.25) is 0 Å². The van der Waals surface area contributed by atoms with Crippen LogP contribution in [0.4, 0.5) is 13.2 Å². The monoisotopic (exact) mass is 380 g/mol. The predicted molar refractivity (Wildman–Crippen MR) is 96.7 cm³/mol. The summed E-state index contributed by atoms with van der Waals surface area (Å²) in [5.74, 6) is -2.01. The van der Waals surface area contributed by atoms with Gasteiger partial charge in [0.1, 0.15) is 6.54 Å². The molecule has 0 unspecified atom stereocenters. The molecule has 2 heterocycles. The third-order valence-electron chi connectivity index (χ3n) is 5.49. The van der Waals surface area contributed by atoms with Gasteiger partial charge < -0.3 is 9.47 Å². The van der Waals surface area contributed by atoms with Gasteiger partial charge in [0.25, 0.3) is 5.78 Å². The lowest BCUT2D eigenvalue weighted by molar-refractivity contribution is -0.137. The van der Waals surface area contributed by atoms with Crippen LogP contribution in [0.25, 0.3) is 10.9 Å². The average Bonchev–Trinajstić information content (AvgIpc) is 2.85. The van der Waals surface area contributed by atoms with Crippen molar-refractivity contribution in [3.05, 3.63) is 35.5 Å². The predicted octanol–water partition coefficient (Wildman–Crippen LogP) is 4.48. The molecule has 3 rings (SSSR count). The minimum Gasteiger partial charge on any atom is -0.336 e. The topological polar surface area (TPSA) is 42.3 Å². The van der Waals surface area contributed by atoms with Crippen LogP contribution in [-0.4, -0.2) is 39.4 Å². The van der Waals surface area contributed by atoms with E-state index in [-0.39, 0.29) is 41.2 Å². The van der Waals surface area contributed by atoms with Crippen LogP contribution < -0.4 is 0 Å². The van der Waals surface area contributed by atoms with Gasteiger partial charge in [-0.2, -0.15) is 13.2 Å². The van der Waals surface area contributed by atoms with Gasteiger partial charge in [0.2, 0.25) is 5.91 Å². The van der Waals surface area contributed by atoms with Crippen molar-refractivity contribution in [2.24, 2.45) is 0 Å². The molecule has 0 aliphatic carbocycles. The Bertz CT molecular complexity index is 875. The summed E-state index contributed by atoms with van der Waals surface area (Å²) in [6.07, 6.45) is -2.07. The molecule has 2 aromatic rings. The van der Waals surface area contributed by atoms with Crippen LogP contribution in [0.5, 0.6) is 0 Å². The number of hydrogen-bond acceptors (Lipinski definition) is 2. The molecule has 1 aromatic heterocycles. The summed E-state index contributed by atoms with van der Waals surface area (Å²) in [4.78, 5) is 26.8. The number of rotatable bonds is 3. The fraction of sp³-hybridized carbons (Fsp3) is 0.500. The lowest BCUT2D eigenvalue weighted by Crippen LogP contribution is -2.48. The molecule has 146 valence electrons. The Balaban J connectivity index is 2.04. The van der Waals surface area contributed by atoms with E-state index in [4.69, 9.17) is 0 Å². The molecule has 1 aromatic carbocycles. The fourth-order valence-electron chi connectivity index (χ4n) is 4.19. The Morgan fingerprint density at radius 1 is 1.11 bits per heavy atom. The molecule has 1 aliphatic rings. The molecule has 0 bridgehead atoms. The van der Waals surface area contributed by atoms with Crippen molar-refractivity contribution in [2.75, 3.05) is 0 Å². The number of Topliss-reactive ketones (excluding diaryl/α,β-unsaturated/α-hetero) is 1. The number of likely N-dealkylation sites (tertiary alicyclic amines) is 1. The zero-order valence-corrected chi connectivity index (χ0v) is 15.6. The zero-order chi connectivity index (χ0) is 19.9. The number of para-hydroxylation sites is 1. The highest BCUT2D eigenvalue weighted by Crippen LogP contribution is 2.32. The average molecular weight is 380 g/mol. The number of piperidine rings is 1. The van der Waals surface area contributed by atoms with Crippen LogP contribution >= 0.6 is 0 Å². The Kier molecular flexibility index (Phi) is 5.06. The first kappa shape index (κ1) is 19.5. The number of carbonyl (C=O) groups excluding carboxylic acids is 2. The lowest BCUT2D eigenvalue weighted by atomic mass is 9.97. The maximum absolute atomic E-state index is 13.1. The summed E-state index contributed by atoms with van der Waals surface area (Å²) in [5, 5.41) is 0.227. The summed E-state index contributed by atoms with van der Waals surface area (Å²) >= 11 is 0. The highest BCUT2D eigenvalue weighted by Gasteiger charge is 2.42. The highest BCUT2D eigenvalue weighted by molar-refractivity contribution is 6.12. The molecular formula is C20H23F3N2O2. The Morgan fingerprint density at radius 3 is 2.30 bits per heavy atom. The van der Waals surface area contributed by atoms with Gasteiger partial charge in [-0.1, -0.05) is 18.2 Å². The number of amides is 1. The molecule has 7 heteroatoms. The third-order valence-corrected chi connectivity index (χ3v) is 5.49. The van der Waals surface area contributed by atoms with Crippen LogP contribution in [0.1, 0.15) is 49.2 Å². The smallest absolute Gasteiger partial charge is 0.336 e. The van der Waals surface area contributed by atoms with Gasteiger partial charge in [-0.15, -0.1) is 0 Å². The number of benzene rings is 1. The maximum Gasteiger partial charge on any atom is 0.454 e. The summed E-state index contributed by atoms with van der Waals surface area (Å²) in [6.45, 7) is 5.38. The van der Waals surface area contributed by atoms with Crippen molar-refractivity contribution in [3.8, 4) is 0 Å². The zero-order valence-electron chi connectivity index (χ0n) is 15.6. The molecular weight excluding hydrogens is 357 g/mol. The largest absolute Gasteiger partial charge is 0.454 e. The first-order valence-corrected chi connectivity index (χ1v) is 9.13. The van der Waals surface area contributed by atoms with Gasteiger partial charge in [0.15, 0.2) is 0 Å². The molecule has 27 heavy (non-hydrogen) atoms. The van der Waals surface area contributed by atoms with E-state index in [1.54, 1.807) is 18.2 Å². The number of alkyl halides is 3. The molecule has 1 saturated heterocycles. The number of halogens is 3. The van der Waals surface area contributed by atoms with E-state index in [2.05, 4.69) is 0 Å². The van der Waals surface area contributed by atoms with Crippen molar-refractivity contribution in [1.82, 2.24) is 9.47 Å². The van der Waals surface area contributed by atoms with E-state index >= 15 is 0 Å². The Hall–Kier alpha value is -2.31. The molecule has 1 fully saturated rings. The third kappa shape index (κ3) is 3.47. The minimum atomic E-state index is -4.96. The minimum absolute atomic E-state index is 0.0772. The first-order chi connectivity index (χ1) is 12.6. The summed E-state index contributed by atoms with van der Waals surface area (Å²) in [7, 11) is 0. The van der Waals surface area contributed by atoms with Crippen LogP contribution in [0, 0.1) is 6.92 Å². The van der Waals surface area contributed by atoms with Crippen molar-refractivity contribution >= 4 is 22.6 Å². The number of fused-ring (bicyclic) bond motifs is 1. The van der Waals surface area contributed by atoms with Crippen molar-refractivity contribution in [1.29, 1.82) is 0 Å². The molecule has 0 N–H and O–H groups in total. The number of aromatic nitrogens is 1. The molecule has 4 nitrogen and oxygen atoms in total. The van der Waals surface area contributed by atoms with Gasteiger partial charge in [0.05, 0.1) is 5.56 Å². The molecule has 0 radical (unpaired) electrons. The second kappa shape index (κ2) is 7.02. The maximum atomic E-state index is 13.1. The van der Waals surface area contributed by atoms with E-state index < -0.39 is 12.0 Å². The summed E-state index contributed by atoms with van der Waals surface area (Å²) in [6, 6.07) is 6.62. The van der Waals surface area contributed by atoms with Crippen molar-refractivity contribution < 1.29 is 22.8 Å². The van der Waals surface area contributed by atoms with Gasteiger partial charge in [0, 0.05) is 28.7 Å². The fourth-order valence-corrected chi connectivity index (χ4v) is 4.19. The van der Waals surface area contributed by atoms with Gasteiger partial charge in [-0.05, 0) is 46.1 Å². The number of nitrogens with zero attached hydrogens (tertiary/aromatic N) is 2. The van der Waals surface area contributed by atoms with Crippen molar-refractivity contribution in [2.45, 2.75) is 64.8 Å². The molecule has 1 aliphatic heterocycles. The van der Waals surface area contributed by atoms with Crippen LogP contribution in [-0.2, 0) is 11.3 Å². The standard InChI is InChI=1S/C20H23F3N2O2/c1-12-7-6-8-13(2)25(12)17(26)11-24-14(3)18(19(27)20(21,22)23)15-9-4-5-10-16(15)24/h4-5,9-10,12-13H,6-8,11H2,1-3H3/t12-,13+. The molecule has 1 amide bonds.